The molecule has 0 heterocycles. The fraction of sp³-hybridized carbons (Fsp3) is 0.533. The summed E-state index contributed by atoms with van der Waals surface area (Å²) in [6.45, 7) is 4.84. The summed E-state index contributed by atoms with van der Waals surface area (Å²) in [6.07, 6.45) is 1.72. The zero-order chi connectivity index (χ0) is 15.0. The Morgan fingerprint density at radius 2 is 2.15 bits per heavy atom. The highest BCUT2D eigenvalue weighted by Crippen LogP contribution is 2.28. The van der Waals surface area contributed by atoms with Crippen molar-refractivity contribution in [1.82, 2.24) is 5.32 Å². The first-order chi connectivity index (χ1) is 9.58. The molecule has 0 unspecified atom stereocenters. The van der Waals surface area contributed by atoms with Crippen molar-refractivity contribution in [3.8, 4) is 11.5 Å². The van der Waals surface area contributed by atoms with Gasteiger partial charge in [-0.1, -0.05) is 6.07 Å². The summed E-state index contributed by atoms with van der Waals surface area (Å²) in [5, 5.41) is 2.79. The van der Waals surface area contributed by atoms with Gasteiger partial charge in [-0.25, -0.2) is 0 Å². The molecule has 0 aliphatic carbocycles. The van der Waals surface area contributed by atoms with Crippen molar-refractivity contribution in [1.29, 1.82) is 0 Å². The van der Waals surface area contributed by atoms with Crippen LogP contribution in [0.15, 0.2) is 18.2 Å². The van der Waals surface area contributed by atoms with Crippen LogP contribution >= 0.6 is 0 Å². The molecule has 0 aliphatic rings. The number of hydrogen-bond acceptors (Lipinski definition) is 4. The lowest BCUT2D eigenvalue weighted by molar-refractivity contribution is -0.121. The second-order valence-electron chi connectivity index (χ2n) is 4.60. The standard InChI is InChI=1S/C15H24N2O3/c1-4-20-14-10-12(7-8-13(14)19-3)6-5-9-17-15(18)11(2)16/h7-8,10-11H,4-6,9,16H2,1-3H3,(H,17,18)/t11-/m0/s1. The van der Waals surface area contributed by atoms with Crippen molar-refractivity contribution >= 4 is 5.91 Å². The summed E-state index contributed by atoms with van der Waals surface area (Å²) in [6, 6.07) is 5.44. The number of ether oxygens (including phenoxy) is 2. The number of nitrogens with one attached hydrogen (secondary N) is 1. The van der Waals surface area contributed by atoms with E-state index in [0.717, 1.165) is 29.9 Å². The first kappa shape index (κ1) is 16.3. The van der Waals surface area contributed by atoms with Gasteiger partial charge >= 0.3 is 0 Å². The molecule has 0 radical (unpaired) electrons. The van der Waals surface area contributed by atoms with Gasteiger partial charge in [0.2, 0.25) is 5.91 Å². The third kappa shape index (κ3) is 5.09. The molecule has 0 bridgehead atoms. The number of rotatable bonds is 8. The van der Waals surface area contributed by atoms with E-state index in [-0.39, 0.29) is 5.91 Å². The molecule has 5 nitrogen and oxygen atoms in total. The molecule has 0 saturated heterocycles. The van der Waals surface area contributed by atoms with E-state index in [1.165, 1.54) is 0 Å². The summed E-state index contributed by atoms with van der Waals surface area (Å²) in [4.78, 5) is 11.3. The Morgan fingerprint density at radius 1 is 1.40 bits per heavy atom. The summed E-state index contributed by atoms with van der Waals surface area (Å²) in [7, 11) is 1.63. The highest BCUT2D eigenvalue weighted by atomic mass is 16.5. The van der Waals surface area contributed by atoms with Gasteiger partial charge in [-0.3, -0.25) is 4.79 Å². The number of nitrogens with two attached hydrogens (primary N) is 1. The number of carbonyl (C=O) groups excluding carboxylic acids is 1. The third-order valence-electron chi connectivity index (χ3n) is 2.88. The number of carbonyl (C=O) groups is 1. The number of amides is 1. The number of methoxy groups -OCH3 is 1. The van der Waals surface area contributed by atoms with E-state index in [4.69, 9.17) is 15.2 Å². The normalized spacial score (nSPS) is 11.8. The van der Waals surface area contributed by atoms with E-state index in [1.807, 2.05) is 25.1 Å². The van der Waals surface area contributed by atoms with Gasteiger partial charge < -0.3 is 20.5 Å². The van der Waals surface area contributed by atoms with Crippen molar-refractivity contribution in [3.05, 3.63) is 23.8 Å². The molecule has 20 heavy (non-hydrogen) atoms. The molecule has 0 spiro atoms. The Bertz CT molecular complexity index is 433. The highest BCUT2D eigenvalue weighted by Gasteiger charge is 2.07. The molecule has 1 amide bonds. The molecule has 112 valence electrons. The predicted molar refractivity (Wildman–Crippen MR) is 79.1 cm³/mol. The minimum atomic E-state index is -0.458. The van der Waals surface area contributed by atoms with E-state index >= 15 is 0 Å². The highest BCUT2D eigenvalue weighted by molar-refractivity contribution is 5.80. The lowest BCUT2D eigenvalue weighted by Crippen LogP contribution is -2.38. The molecule has 5 heteroatoms. The van der Waals surface area contributed by atoms with Gasteiger partial charge in [0.05, 0.1) is 19.8 Å². The molecule has 0 aromatic heterocycles. The van der Waals surface area contributed by atoms with Crippen LogP contribution in [0.25, 0.3) is 0 Å². The Morgan fingerprint density at radius 3 is 2.75 bits per heavy atom. The number of benzene rings is 1. The average Bonchev–Trinajstić information content (AvgIpc) is 2.44. The lowest BCUT2D eigenvalue weighted by Gasteiger charge is -2.11. The molecule has 1 atom stereocenters. The molecule has 3 N–H and O–H groups in total. The summed E-state index contributed by atoms with van der Waals surface area (Å²) in [5.41, 5.74) is 6.63. The van der Waals surface area contributed by atoms with Gasteiger partial charge in [-0.15, -0.1) is 0 Å². The lowest BCUT2D eigenvalue weighted by atomic mass is 10.1. The quantitative estimate of drug-likeness (QED) is 0.708. The van der Waals surface area contributed by atoms with Gasteiger partial charge in [0.25, 0.3) is 0 Å². The van der Waals surface area contributed by atoms with E-state index in [2.05, 4.69) is 5.32 Å². The monoisotopic (exact) mass is 280 g/mol. The SMILES string of the molecule is CCOc1cc(CCCNC(=O)[C@H](C)N)ccc1OC. The minimum absolute atomic E-state index is 0.116. The Labute approximate surface area is 120 Å². The van der Waals surface area contributed by atoms with E-state index in [1.54, 1.807) is 14.0 Å². The summed E-state index contributed by atoms with van der Waals surface area (Å²) < 4.78 is 10.8. The fourth-order valence-electron chi connectivity index (χ4n) is 1.81. The topological polar surface area (TPSA) is 73.6 Å². The average molecular weight is 280 g/mol. The van der Waals surface area contributed by atoms with Gasteiger partial charge in [-0.2, -0.15) is 0 Å². The molecule has 1 aromatic carbocycles. The Hall–Kier alpha value is -1.75. The minimum Gasteiger partial charge on any atom is -0.493 e. The zero-order valence-electron chi connectivity index (χ0n) is 12.4. The van der Waals surface area contributed by atoms with E-state index < -0.39 is 6.04 Å². The van der Waals surface area contributed by atoms with Crippen LogP contribution < -0.4 is 20.5 Å². The summed E-state index contributed by atoms with van der Waals surface area (Å²) in [5.74, 6) is 1.38. The van der Waals surface area contributed by atoms with Gasteiger partial charge in [-0.05, 0) is 44.4 Å². The Balaban J connectivity index is 2.48. The van der Waals surface area contributed by atoms with Crippen LogP contribution in [-0.4, -0.2) is 32.2 Å². The summed E-state index contributed by atoms with van der Waals surface area (Å²) >= 11 is 0. The van der Waals surface area contributed by atoms with Gasteiger partial charge in [0.15, 0.2) is 11.5 Å². The van der Waals surface area contributed by atoms with Gasteiger partial charge in [0.1, 0.15) is 0 Å². The van der Waals surface area contributed by atoms with Crippen molar-refractivity contribution in [2.45, 2.75) is 32.7 Å². The molecule has 0 aliphatic heterocycles. The first-order valence-electron chi connectivity index (χ1n) is 6.91. The molecular weight excluding hydrogens is 256 g/mol. The number of hydrogen-bond donors (Lipinski definition) is 2. The third-order valence-corrected chi connectivity index (χ3v) is 2.88. The molecule has 0 fully saturated rings. The molecule has 0 saturated carbocycles. The van der Waals surface area contributed by atoms with Crippen LogP contribution in [0.1, 0.15) is 25.8 Å². The van der Waals surface area contributed by atoms with Crippen LogP contribution in [-0.2, 0) is 11.2 Å². The fourth-order valence-corrected chi connectivity index (χ4v) is 1.81. The second-order valence-corrected chi connectivity index (χ2v) is 4.60. The van der Waals surface area contributed by atoms with Crippen LogP contribution in [0.2, 0.25) is 0 Å². The maximum absolute atomic E-state index is 11.3. The van der Waals surface area contributed by atoms with Crippen LogP contribution in [0.5, 0.6) is 11.5 Å². The van der Waals surface area contributed by atoms with Crippen LogP contribution in [0.4, 0.5) is 0 Å². The second kappa shape index (κ2) is 8.43. The smallest absolute Gasteiger partial charge is 0.236 e. The Kier molecular flexibility index (Phi) is 6.87. The maximum Gasteiger partial charge on any atom is 0.236 e. The van der Waals surface area contributed by atoms with Crippen LogP contribution in [0.3, 0.4) is 0 Å². The largest absolute Gasteiger partial charge is 0.493 e. The van der Waals surface area contributed by atoms with Crippen molar-refractivity contribution in [2.24, 2.45) is 5.73 Å². The zero-order valence-corrected chi connectivity index (χ0v) is 12.4. The number of aryl methyl sites for hydroxylation is 1. The van der Waals surface area contributed by atoms with Gasteiger partial charge in [0, 0.05) is 6.54 Å². The molecule has 1 aromatic rings. The molecule has 1 rings (SSSR count). The van der Waals surface area contributed by atoms with Crippen molar-refractivity contribution in [2.75, 3.05) is 20.3 Å². The van der Waals surface area contributed by atoms with E-state index in [0.29, 0.717) is 13.2 Å². The molecular formula is C15H24N2O3. The maximum atomic E-state index is 11.3. The van der Waals surface area contributed by atoms with Crippen LogP contribution in [0, 0.1) is 0 Å². The predicted octanol–water partition coefficient (Wildman–Crippen LogP) is 1.49. The van der Waals surface area contributed by atoms with Crippen molar-refractivity contribution in [3.63, 3.8) is 0 Å². The first-order valence-corrected chi connectivity index (χ1v) is 6.91. The van der Waals surface area contributed by atoms with E-state index in [9.17, 15) is 4.79 Å². The van der Waals surface area contributed by atoms with Crippen molar-refractivity contribution < 1.29 is 14.3 Å².